The molecule has 0 saturated carbocycles. The van der Waals surface area contributed by atoms with Gasteiger partial charge in [-0.05, 0) is 53.8 Å². The van der Waals surface area contributed by atoms with Crippen LogP contribution in [0.3, 0.4) is 0 Å². The van der Waals surface area contributed by atoms with E-state index < -0.39 is 6.18 Å². The van der Waals surface area contributed by atoms with Gasteiger partial charge in [-0.15, -0.1) is 0 Å². The molecule has 0 spiro atoms. The van der Waals surface area contributed by atoms with Crippen molar-refractivity contribution in [2.45, 2.75) is 26.1 Å². The van der Waals surface area contributed by atoms with Crippen molar-refractivity contribution in [1.29, 1.82) is 0 Å². The summed E-state index contributed by atoms with van der Waals surface area (Å²) in [5, 5.41) is 2.82. The standard InChI is InChI=1S/C28H25F3N2O3/c1-19-15-20(11-13-28(29,30)31)7-10-24(19)27(35)32-23-9-8-22-12-14-33(25(22)16-23)26(34)18-36-17-21-5-3-2-4-6-21/h2-11,13,15-16H,12,14,17-18H2,1H3,(H,32,35). The number of aryl methyl sites for hydroxylation is 1. The van der Waals surface area contributed by atoms with Gasteiger partial charge in [0.2, 0.25) is 0 Å². The van der Waals surface area contributed by atoms with Crippen LogP contribution in [0.25, 0.3) is 6.08 Å². The number of alkyl halides is 3. The van der Waals surface area contributed by atoms with Crippen molar-refractivity contribution < 1.29 is 27.5 Å². The van der Waals surface area contributed by atoms with E-state index in [0.717, 1.165) is 22.9 Å². The number of carbonyl (C=O) groups is 2. The molecule has 0 saturated heterocycles. The van der Waals surface area contributed by atoms with Crippen molar-refractivity contribution in [1.82, 2.24) is 0 Å². The molecule has 0 unspecified atom stereocenters. The second-order valence-electron chi connectivity index (χ2n) is 8.52. The minimum absolute atomic E-state index is 0.0563. The molecule has 36 heavy (non-hydrogen) atoms. The summed E-state index contributed by atoms with van der Waals surface area (Å²) < 4.78 is 42.8. The number of rotatable bonds is 7. The van der Waals surface area contributed by atoms with Gasteiger partial charge in [0.25, 0.3) is 11.8 Å². The summed E-state index contributed by atoms with van der Waals surface area (Å²) >= 11 is 0. The largest absolute Gasteiger partial charge is 0.409 e. The summed E-state index contributed by atoms with van der Waals surface area (Å²) in [6.45, 7) is 2.48. The first-order chi connectivity index (χ1) is 17.2. The van der Waals surface area contributed by atoms with Crippen molar-refractivity contribution in [2.24, 2.45) is 0 Å². The highest BCUT2D eigenvalue weighted by Crippen LogP contribution is 2.31. The molecule has 186 valence electrons. The smallest absolute Gasteiger partial charge is 0.367 e. The number of fused-ring (bicyclic) bond motifs is 1. The highest BCUT2D eigenvalue weighted by atomic mass is 19.4. The molecule has 5 nitrogen and oxygen atoms in total. The number of amides is 2. The Morgan fingerprint density at radius 2 is 1.83 bits per heavy atom. The number of ether oxygens (including phenoxy) is 1. The molecule has 0 aromatic heterocycles. The number of nitrogens with one attached hydrogen (secondary N) is 1. The molecule has 1 heterocycles. The molecule has 0 fully saturated rings. The van der Waals surface area contributed by atoms with Crippen molar-refractivity contribution in [3.05, 3.63) is 101 Å². The Kier molecular flexibility index (Phi) is 7.55. The molecule has 3 aromatic carbocycles. The molecule has 0 radical (unpaired) electrons. The molecule has 4 rings (SSSR count). The summed E-state index contributed by atoms with van der Waals surface area (Å²) in [6.07, 6.45) is -2.57. The molecular formula is C28H25F3N2O3. The van der Waals surface area contributed by atoms with Crippen LogP contribution < -0.4 is 10.2 Å². The van der Waals surface area contributed by atoms with Crippen molar-refractivity contribution in [3.8, 4) is 0 Å². The number of benzene rings is 3. The van der Waals surface area contributed by atoms with Crippen molar-refractivity contribution in [3.63, 3.8) is 0 Å². The fraction of sp³-hybridized carbons (Fsp3) is 0.214. The van der Waals surface area contributed by atoms with E-state index in [2.05, 4.69) is 5.32 Å². The van der Waals surface area contributed by atoms with Gasteiger partial charge in [0.05, 0.1) is 6.61 Å². The van der Waals surface area contributed by atoms with Crippen LogP contribution in [-0.2, 0) is 22.6 Å². The Bertz CT molecular complexity index is 1290. The normalized spacial score (nSPS) is 13.2. The number of halogens is 3. The van der Waals surface area contributed by atoms with Crippen LogP contribution in [-0.4, -0.2) is 31.1 Å². The number of carbonyl (C=O) groups excluding carboxylic acids is 2. The van der Waals surface area contributed by atoms with Gasteiger partial charge in [0, 0.05) is 29.6 Å². The fourth-order valence-electron chi connectivity index (χ4n) is 4.06. The zero-order valence-electron chi connectivity index (χ0n) is 19.6. The highest BCUT2D eigenvalue weighted by Gasteiger charge is 2.25. The van der Waals surface area contributed by atoms with Gasteiger partial charge in [0.15, 0.2) is 0 Å². The fourth-order valence-corrected chi connectivity index (χ4v) is 4.06. The Morgan fingerprint density at radius 3 is 2.56 bits per heavy atom. The van der Waals surface area contributed by atoms with E-state index in [0.29, 0.717) is 42.0 Å². The predicted octanol–water partition coefficient (Wildman–Crippen LogP) is 5.93. The highest BCUT2D eigenvalue weighted by molar-refractivity contribution is 6.06. The third kappa shape index (κ3) is 6.40. The maximum absolute atomic E-state index is 12.8. The topological polar surface area (TPSA) is 58.6 Å². The first-order valence-electron chi connectivity index (χ1n) is 11.4. The van der Waals surface area contributed by atoms with E-state index in [1.54, 1.807) is 24.0 Å². The van der Waals surface area contributed by atoms with Crippen LogP contribution in [0.15, 0.2) is 72.8 Å². The molecular weight excluding hydrogens is 469 g/mol. The Morgan fingerprint density at radius 1 is 1.06 bits per heavy atom. The zero-order valence-corrected chi connectivity index (χ0v) is 19.6. The van der Waals surface area contributed by atoms with E-state index in [-0.39, 0.29) is 24.5 Å². The van der Waals surface area contributed by atoms with Crippen LogP contribution in [0.2, 0.25) is 0 Å². The van der Waals surface area contributed by atoms with E-state index >= 15 is 0 Å². The molecule has 3 aromatic rings. The lowest BCUT2D eigenvalue weighted by Crippen LogP contribution is -2.32. The van der Waals surface area contributed by atoms with Gasteiger partial charge < -0.3 is 15.0 Å². The Labute approximate surface area is 207 Å². The quantitative estimate of drug-likeness (QED) is 0.443. The predicted molar refractivity (Wildman–Crippen MR) is 133 cm³/mol. The first kappa shape index (κ1) is 25.2. The Balaban J connectivity index is 1.40. The molecule has 1 aliphatic rings. The molecule has 0 aliphatic carbocycles. The first-order valence-corrected chi connectivity index (χ1v) is 11.4. The minimum Gasteiger partial charge on any atom is -0.367 e. The van der Waals surface area contributed by atoms with Crippen molar-refractivity contribution in [2.75, 3.05) is 23.4 Å². The monoisotopic (exact) mass is 494 g/mol. The summed E-state index contributed by atoms with van der Waals surface area (Å²) in [7, 11) is 0. The Hall–Kier alpha value is -3.91. The number of allylic oxidation sites excluding steroid dienone is 1. The number of hydrogen-bond donors (Lipinski definition) is 1. The van der Waals surface area contributed by atoms with E-state index in [1.807, 2.05) is 36.4 Å². The van der Waals surface area contributed by atoms with Crippen LogP contribution in [0.1, 0.15) is 32.6 Å². The average molecular weight is 495 g/mol. The maximum atomic E-state index is 12.8. The van der Waals surface area contributed by atoms with Crippen LogP contribution in [0, 0.1) is 6.92 Å². The van der Waals surface area contributed by atoms with Gasteiger partial charge in [-0.3, -0.25) is 9.59 Å². The second-order valence-corrected chi connectivity index (χ2v) is 8.52. The third-order valence-electron chi connectivity index (χ3n) is 5.84. The summed E-state index contributed by atoms with van der Waals surface area (Å²) in [4.78, 5) is 27.3. The average Bonchev–Trinajstić information content (AvgIpc) is 3.26. The zero-order chi connectivity index (χ0) is 25.7. The van der Waals surface area contributed by atoms with Gasteiger partial charge in [0.1, 0.15) is 6.61 Å². The lowest BCUT2D eigenvalue weighted by atomic mass is 10.0. The van der Waals surface area contributed by atoms with Crippen molar-refractivity contribution >= 4 is 29.3 Å². The summed E-state index contributed by atoms with van der Waals surface area (Å²) in [5.41, 5.74) is 4.47. The molecule has 2 amide bonds. The molecule has 0 atom stereocenters. The lowest BCUT2D eigenvalue weighted by molar-refractivity contribution is -0.123. The van der Waals surface area contributed by atoms with E-state index in [4.69, 9.17) is 4.74 Å². The third-order valence-corrected chi connectivity index (χ3v) is 5.84. The number of hydrogen-bond acceptors (Lipinski definition) is 3. The minimum atomic E-state index is -4.40. The van der Waals surface area contributed by atoms with E-state index in [1.165, 1.54) is 18.2 Å². The maximum Gasteiger partial charge on any atom is 0.409 e. The van der Waals surface area contributed by atoms with E-state index in [9.17, 15) is 22.8 Å². The van der Waals surface area contributed by atoms with Gasteiger partial charge in [-0.2, -0.15) is 13.2 Å². The van der Waals surface area contributed by atoms with Gasteiger partial charge in [-0.1, -0.05) is 54.6 Å². The van der Waals surface area contributed by atoms with Gasteiger partial charge >= 0.3 is 6.18 Å². The van der Waals surface area contributed by atoms with Crippen LogP contribution in [0.4, 0.5) is 24.5 Å². The lowest BCUT2D eigenvalue weighted by Gasteiger charge is -2.18. The summed E-state index contributed by atoms with van der Waals surface area (Å²) in [6, 6.07) is 19.5. The van der Waals surface area contributed by atoms with Gasteiger partial charge in [-0.25, -0.2) is 0 Å². The molecule has 1 aliphatic heterocycles. The SMILES string of the molecule is Cc1cc(C=CC(F)(F)F)ccc1C(=O)Nc1ccc2c(c1)N(C(=O)COCc1ccccc1)CC2. The molecule has 8 heteroatoms. The number of anilines is 2. The number of nitrogens with zero attached hydrogens (tertiary/aromatic N) is 1. The van der Waals surface area contributed by atoms with Crippen LogP contribution >= 0.6 is 0 Å². The second kappa shape index (κ2) is 10.8. The van der Waals surface area contributed by atoms with Crippen LogP contribution in [0.5, 0.6) is 0 Å². The summed E-state index contributed by atoms with van der Waals surface area (Å²) in [5.74, 6) is -0.549. The molecule has 0 bridgehead atoms. The molecule has 1 N–H and O–H groups in total.